The second-order valence-electron chi connectivity index (χ2n) is 15.2. The largest absolute Gasteiger partial charge is 0.456 e. The van der Waals surface area contributed by atoms with Crippen molar-refractivity contribution in [2.45, 2.75) is 6.92 Å². The van der Waals surface area contributed by atoms with Crippen molar-refractivity contribution in [3.63, 3.8) is 0 Å². The minimum atomic E-state index is -0.140. The second-order valence-corrected chi connectivity index (χ2v) is 15.2. The van der Waals surface area contributed by atoms with E-state index in [2.05, 4.69) is 156 Å². The number of furan rings is 1. The van der Waals surface area contributed by atoms with Crippen molar-refractivity contribution in [1.29, 1.82) is 0 Å². The molecule has 0 bridgehead atoms. The van der Waals surface area contributed by atoms with Crippen molar-refractivity contribution in [2.24, 2.45) is 0 Å². The number of aromatic nitrogens is 2. The Morgan fingerprint density at radius 3 is 2.20 bits per heavy atom. The highest BCUT2D eigenvalue weighted by molar-refractivity contribution is 6.94. The van der Waals surface area contributed by atoms with Crippen LogP contribution in [0.3, 0.4) is 0 Å². The lowest BCUT2D eigenvalue weighted by Gasteiger charge is -2.42. The smallest absolute Gasteiger partial charge is 0.333 e. The maximum Gasteiger partial charge on any atom is 0.333 e. The minimum Gasteiger partial charge on any atom is -0.456 e. The molecule has 56 heavy (non-hydrogen) atoms. The lowest BCUT2D eigenvalue weighted by molar-refractivity contribution is 0.620. The molecule has 2 aliphatic heterocycles. The summed E-state index contributed by atoms with van der Waals surface area (Å²) in [6.07, 6.45) is 0. The molecule has 5 heterocycles. The van der Waals surface area contributed by atoms with Crippen LogP contribution in [0.25, 0.3) is 94.2 Å². The highest BCUT2D eigenvalue weighted by atomic mass is 16.3. The fourth-order valence-corrected chi connectivity index (χ4v) is 9.62. The van der Waals surface area contributed by atoms with E-state index < -0.39 is 0 Å². The molecule has 0 radical (unpaired) electrons. The van der Waals surface area contributed by atoms with E-state index in [-0.39, 0.29) is 6.85 Å². The van der Waals surface area contributed by atoms with Crippen LogP contribution in [0.5, 0.6) is 0 Å². The number of aryl methyl sites for hydroxylation is 1. The van der Waals surface area contributed by atoms with Crippen LogP contribution in [0.15, 0.2) is 173 Å². The fraction of sp³-hybridized carbons (Fsp3) is 0.0200. The summed E-state index contributed by atoms with van der Waals surface area (Å²) in [4.78, 5) is 7.63. The summed E-state index contributed by atoms with van der Waals surface area (Å²) in [7, 11) is 0. The van der Waals surface area contributed by atoms with Crippen LogP contribution in [0, 0.1) is 6.92 Å². The average molecular weight is 716 g/mol. The summed E-state index contributed by atoms with van der Waals surface area (Å²) < 4.78 is 15.6. The zero-order chi connectivity index (χ0) is 36.6. The molecule has 3 aromatic heterocycles. The Morgan fingerprint density at radius 2 is 1.30 bits per heavy atom. The maximum atomic E-state index is 6.60. The Bertz CT molecular complexity index is 3450. The molecule has 0 spiro atoms. The molecule has 0 aliphatic carbocycles. The Balaban J connectivity index is 1.19. The van der Waals surface area contributed by atoms with Gasteiger partial charge in [-0.2, -0.15) is 0 Å². The van der Waals surface area contributed by atoms with Gasteiger partial charge < -0.3 is 18.2 Å². The summed E-state index contributed by atoms with van der Waals surface area (Å²) in [5.41, 5.74) is 18.6. The molecular weight excluding hydrogens is 685 g/mol. The quantitative estimate of drug-likeness (QED) is 0.171. The lowest BCUT2D eigenvalue weighted by atomic mass is 9.44. The molecule has 8 aromatic carbocycles. The summed E-state index contributed by atoms with van der Waals surface area (Å²) in [6, 6.07) is 58.8. The number of hydrogen-bond donors (Lipinski definition) is 0. The van der Waals surface area contributed by atoms with Crippen molar-refractivity contribution < 1.29 is 8.83 Å². The molecular formula is C50H30BN3O2. The van der Waals surface area contributed by atoms with Gasteiger partial charge in [0.25, 0.3) is 0 Å². The summed E-state index contributed by atoms with van der Waals surface area (Å²) >= 11 is 0. The van der Waals surface area contributed by atoms with Gasteiger partial charge in [0.1, 0.15) is 16.7 Å². The zero-order valence-electron chi connectivity index (χ0n) is 30.3. The van der Waals surface area contributed by atoms with Gasteiger partial charge >= 0.3 is 6.85 Å². The first kappa shape index (κ1) is 30.1. The Kier molecular flexibility index (Phi) is 5.85. The van der Waals surface area contributed by atoms with Crippen LogP contribution in [-0.4, -0.2) is 16.4 Å². The number of oxazole rings is 1. The van der Waals surface area contributed by atoms with Gasteiger partial charge in [0, 0.05) is 49.7 Å². The summed E-state index contributed by atoms with van der Waals surface area (Å²) in [5.74, 6) is 0.622. The highest BCUT2D eigenvalue weighted by Gasteiger charge is 2.45. The number of rotatable bonds is 3. The molecule has 0 N–H and O–H groups in total. The third kappa shape index (κ3) is 3.97. The van der Waals surface area contributed by atoms with Gasteiger partial charge in [-0.15, -0.1) is 0 Å². The molecule has 0 saturated heterocycles. The standard InChI is InChI=1S/C50H30BN3O2/c1-29-19-22-32(23-20-29)54-42-17-9-5-13-33(42)38-26-37(31-21-24-35-34-14-7-10-18-44(34)55-45(35)25-31)47-36-15-6-8-16-41(36)53-43-28-40-46(27-39(43)51(54)48(38)49(47)53)56-50(52-40)30-11-3-2-4-12-30/h2-28H,1H3. The Labute approximate surface area is 321 Å². The predicted octanol–water partition coefficient (Wildman–Crippen LogP) is 11.7. The number of hydrogen-bond acceptors (Lipinski definition) is 4. The average Bonchev–Trinajstić information content (AvgIpc) is 3.95. The molecule has 0 saturated carbocycles. The van der Waals surface area contributed by atoms with E-state index in [1.807, 2.05) is 24.3 Å². The van der Waals surface area contributed by atoms with Gasteiger partial charge in [-0.3, -0.25) is 0 Å². The summed E-state index contributed by atoms with van der Waals surface area (Å²) in [5, 5.41) is 4.71. The van der Waals surface area contributed by atoms with Crippen molar-refractivity contribution >= 4 is 84.0 Å². The molecule has 5 nitrogen and oxygen atoms in total. The minimum absolute atomic E-state index is 0.140. The van der Waals surface area contributed by atoms with Crippen molar-refractivity contribution in [3.05, 3.63) is 169 Å². The molecule has 2 aliphatic rings. The molecule has 11 aromatic rings. The monoisotopic (exact) mass is 715 g/mol. The molecule has 0 unspecified atom stereocenters. The third-order valence-corrected chi connectivity index (χ3v) is 12.1. The second kappa shape index (κ2) is 10.9. The highest BCUT2D eigenvalue weighted by Crippen LogP contribution is 2.48. The van der Waals surface area contributed by atoms with Crippen LogP contribution in [0.1, 0.15) is 5.56 Å². The van der Waals surface area contributed by atoms with E-state index in [0.717, 1.165) is 61.1 Å². The van der Waals surface area contributed by atoms with E-state index in [1.165, 1.54) is 55.2 Å². The number of anilines is 2. The van der Waals surface area contributed by atoms with Gasteiger partial charge in [0.05, 0.1) is 11.0 Å². The normalized spacial score (nSPS) is 13.0. The van der Waals surface area contributed by atoms with Crippen molar-refractivity contribution in [3.8, 4) is 39.4 Å². The van der Waals surface area contributed by atoms with Crippen LogP contribution in [0.2, 0.25) is 0 Å². The molecule has 6 heteroatoms. The molecule has 13 rings (SSSR count). The molecule has 0 amide bonds. The van der Waals surface area contributed by atoms with Crippen molar-refractivity contribution in [1.82, 2.24) is 9.55 Å². The van der Waals surface area contributed by atoms with Gasteiger partial charge in [-0.1, -0.05) is 96.6 Å². The molecule has 260 valence electrons. The number of benzene rings is 8. The number of fused-ring (bicyclic) bond motifs is 12. The van der Waals surface area contributed by atoms with Crippen LogP contribution in [-0.2, 0) is 0 Å². The van der Waals surface area contributed by atoms with E-state index in [0.29, 0.717) is 5.89 Å². The first-order chi connectivity index (χ1) is 27.7. The van der Waals surface area contributed by atoms with Gasteiger partial charge in [0.2, 0.25) is 5.89 Å². The van der Waals surface area contributed by atoms with E-state index in [1.54, 1.807) is 0 Å². The Morgan fingerprint density at radius 1 is 0.536 bits per heavy atom. The fourth-order valence-electron chi connectivity index (χ4n) is 9.62. The first-order valence-electron chi connectivity index (χ1n) is 19.2. The van der Waals surface area contributed by atoms with Crippen LogP contribution < -0.4 is 15.7 Å². The van der Waals surface area contributed by atoms with E-state index >= 15 is 0 Å². The van der Waals surface area contributed by atoms with Gasteiger partial charge in [-0.25, -0.2) is 4.98 Å². The van der Waals surface area contributed by atoms with E-state index in [9.17, 15) is 0 Å². The molecule has 0 fully saturated rings. The van der Waals surface area contributed by atoms with Crippen molar-refractivity contribution in [2.75, 3.05) is 4.81 Å². The Hall–Kier alpha value is -7.31. The van der Waals surface area contributed by atoms with E-state index in [4.69, 9.17) is 13.8 Å². The van der Waals surface area contributed by atoms with Gasteiger partial charge in [0.15, 0.2) is 5.58 Å². The third-order valence-electron chi connectivity index (χ3n) is 12.1. The maximum absolute atomic E-state index is 6.60. The lowest BCUT2D eigenvalue weighted by Crippen LogP contribution is -2.60. The SMILES string of the molecule is Cc1ccc(N2B3c4cc5oc(-c6ccccc6)nc5cc4-n4c5ccccc5c5c(-c6ccc7c(c6)oc6ccccc67)cc(c3c54)-c3ccccc32)cc1. The van der Waals surface area contributed by atoms with Gasteiger partial charge in [-0.05, 0) is 107 Å². The van der Waals surface area contributed by atoms with Crippen LogP contribution >= 0.6 is 0 Å². The zero-order valence-corrected chi connectivity index (χ0v) is 30.3. The summed E-state index contributed by atoms with van der Waals surface area (Å²) in [6.45, 7) is 2.01. The predicted molar refractivity (Wildman–Crippen MR) is 230 cm³/mol. The first-order valence-corrected chi connectivity index (χ1v) is 19.2. The molecule has 0 atom stereocenters. The topological polar surface area (TPSA) is 47.3 Å². The van der Waals surface area contributed by atoms with Crippen LogP contribution in [0.4, 0.5) is 11.4 Å². The number of para-hydroxylation sites is 3. The number of nitrogens with zero attached hydrogens (tertiary/aromatic N) is 3.